The fourth-order valence-corrected chi connectivity index (χ4v) is 4.48. The Morgan fingerprint density at radius 2 is 1.73 bits per heavy atom. The number of hydrogen-bond acceptors (Lipinski definition) is 7. The van der Waals surface area contributed by atoms with Crippen molar-refractivity contribution in [2.45, 2.75) is 40.2 Å². The maximum atomic E-state index is 14.0. The highest BCUT2D eigenvalue weighted by atomic mass is 32.1. The average molecular weight is 524 g/mol. The lowest BCUT2D eigenvalue weighted by molar-refractivity contribution is -0.122. The summed E-state index contributed by atoms with van der Waals surface area (Å²) < 4.78 is 9.54. The Morgan fingerprint density at radius 3 is 2.27 bits per heavy atom. The zero-order chi connectivity index (χ0) is 27.1. The lowest BCUT2D eigenvalue weighted by Crippen LogP contribution is -2.44. The van der Waals surface area contributed by atoms with Gasteiger partial charge in [0.25, 0.3) is 11.8 Å². The number of carbonyl (C=O) groups is 3. The van der Waals surface area contributed by atoms with Gasteiger partial charge in [-0.2, -0.15) is 4.37 Å². The highest BCUT2D eigenvalue weighted by Crippen LogP contribution is 2.34. The van der Waals surface area contributed by atoms with Gasteiger partial charge in [-0.3, -0.25) is 19.3 Å². The van der Waals surface area contributed by atoms with E-state index in [0.717, 1.165) is 23.5 Å². The third-order valence-corrected chi connectivity index (χ3v) is 6.57. The van der Waals surface area contributed by atoms with Crippen molar-refractivity contribution in [1.29, 1.82) is 0 Å². The summed E-state index contributed by atoms with van der Waals surface area (Å²) in [4.78, 5) is 40.9. The maximum Gasteiger partial charge on any atom is 0.273 e. The molecule has 0 aliphatic rings. The first-order valence-electron chi connectivity index (χ1n) is 12.1. The normalized spacial score (nSPS) is 11.7. The number of nitrogens with one attached hydrogen (secondary N) is 1. The van der Waals surface area contributed by atoms with Gasteiger partial charge in [-0.1, -0.05) is 43.7 Å². The number of benzene rings is 2. The van der Waals surface area contributed by atoms with E-state index in [-0.39, 0.29) is 22.2 Å². The first-order valence-corrected chi connectivity index (χ1v) is 12.9. The van der Waals surface area contributed by atoms with Crippen molar-refractivity contribution >= 4 is 40.6 Å². The second-order valence-corrected chi connectivity index (χ2v) is 9.80. The molecular weight excluding hydrogens is 490 g/mol. The van der Waals surface area contributed by atoms with Crippen LogP contribution in [0.2, 0.25) is 0 Å². The Balaban J connectivity index is 2.15. The van der Waals surface area contributed by atoms with Gasteiger partial charge in [0.15, 0.2) is 5.69 Å². The summed E-state index contributed by atoms with van der Waals surface area (Å²) in [7, 11) is 0. The molecule has 0 radical (unpaired) electrons. The third kappa shape index (κ3) is 6.65. The molecule has 1 atom stereocenters. The molecule has 0 spiro atoms. The molecule has 1 aromatic heterocycles. The number of aromatic nitrogens is 1. The van der Waals surface area contributed by atoms with Crippen LogP contribution in [-0.4, -0.2) is 35.2 Å². The van der Waals surface area contributed by atoms with E-state index >= 15 is 0 Å². The van der Waals surface area contributed by atoms with Crippen molar-refractivity contribution in [3.05, 3.63) is 70.2 Å². The maximum absolute atomic E-state index is 14.0. The molecule has 1 heterocycles. The number of primary amides is 1. The van der Waals surface area contributed by atoms with Crippen molar-refractivity contribution < 1.29 is 19.1 Å². The summed E-state index contributed by atoms with van der Waals surface area (Å²) in [6.07, 6.45) is 0.785. The topological polar surface area (TPSA) is 141 Å². The molecule has 0 aliphatic heterocycles. The molecule has 2 aromatic carbocycles. The number of amides is 3. The largest absolute Gasteiger partial charge is 0.494 e. The van der Waals surface area contributed by atoms with Gasteiger partial charge in [-0.25, -0.2) is 0 Å². The summed E-state index contributed by atoms with van der Waals surface area (Å²) in [5.41, 5.74) is 13.3. The Hall–Kier alpha value is -3.92. The molecule has 3 rings (SSSR count). The second-order valence-electron chi connectivity index (χ2n) is 9.03. The van der Waals surface area contributed by atoms with E-state index in [9.17, 15) is 14.4 Å². The molecule has 0 aliphatic carbocycles. The molecule has 10 heteroatoms. The summed E-state index contributed by atoms with van der Waals surface area (Å²) in [6.45, 7) is 8.91. The van der Waals surface area contributed by atoms with Gasteiger partial charge in [-0.15, -0.1) is 0 Å². The molecule has 37 heavy (non-hydrogen) atoms. The van der Waals surface area contributed by atoms with Crippen LogP contribution in [0.3, 0.4) is 0 Å². The predicted molar refractivity (Wildman–Crippen MR) is 146 cm³/mol. The van der Waals surface area contributed by atoms with Crippen LogP contribution in [0.1, 0.15) is 64.5 Å². The number of nitrogen functional groups attached to an aromatic ring is 1. The smallest absolute Gasteiger partial charge is 0.273 e. The van der Waals surface area contributed by atoms with Gasteiger partial charge in [0.05, 0.1) is 12.3 Å². The minimum Gasteiger partial charge on any atom is -0.494 e. The zero-order valence-electron chi connectivity index (χ0n) is 21.5. The van der Waals surface area contributed by atoms with E-state index < -0.39 is 17.9 Å². The highest BCUT2D eigenvalue weighted by Gasteiger charge is 2.36. The van der Waals surface area contributed by atoms with Gasteiger partial charge in [-0.05, 0) is 67.5 Å². The van der Waals surface area contributed by atoms with Crippen molar-refractivity contribution in [2.75, 3.05) is 23.8 Å². The number of carbonyl (C=O) groups excluding carboxylic acids is 3. The van der Waals surface area contributed by atoms with Gasteiger partial charge in [0.1, 0.15) is 16.7 Å². The fourth-order valence-electron chi connectivity index (χ4n) is 3.74. The van der Waals surface area contributed by atoms with Crippen LogP contribution in [0, 0.1) is 12.8 Å². The van der Waals surface area contributed by atoms with Crippen molar-refractivity contribution in [2.24, 2.45) is 11.7 Å². The third-order valence-electron chi connectivity index (χ3n) is 5.72. The number of anilines is 2. The summed E-state index contributed by atoms with van der Waals surface area (Å²) in [5, 5.41) is 2.98. The van der Waals surface area contributed by atoms with Crippen molar-refractivity contribution in [3.8, 4) is 5.75 Å². The lowest BCUT2D eigenvalue weighted by atomic mass is 10.0. The molecular formula is C27H33N5O4S. The standard InChI is InChI=1S/C27H33N5O4S/c1-5-36-20-12-10-19(11-13-20)32(27(35)24-21(28)22(25(29)33)31-37-24)23(18-8-6-17(4)7-9-18)26(34)30-15-14-16(2)3/h6-13,16,23H,5,14-15,28H2,1-4H3,(H2,29,33)(H,30,34). The Morgan fingerprint density at radius 1 is 1.08 bits per heavy atom. The highest BCUT2D eigenvalue weighted by molar-refractivity contribution is 7.09. The second kappa shape index (κ2) is 12.4. The number of aryl methyl sites for hydroxylation is 1. The number of nitrogens with zero attached hydrogens (tertiary/aromatic N) is 2. The molecule has 0 bridgehead atoms. The number of rotatable bonds is 11. The van der Waals surface area contributed by atoms with E-state index in [1.807, 2.05) is 38.1 Å². The van der Waals surface area contributed by atoms with Gasteiger partial charge < -0.3 is 21.5 Å². The number of ether oxygens (including phenoxy) is 1. The van der Waals surface area contributed by atoms with Crippen molar-refractivity contribution in [1.82, 2.24) is 9.69 Å². The Kier molecular flexibility index (Phi) is 9.24. The van der Waals surface area contributed by atoms with E-state index in [4.69, 9.17) is 16.2 Å². The molecule has 0 saturated carbocycles. The van der Waals surface area contributed by atoms with Crippen LogP contribution in [-0.2, 0) is 4.79 Å². The van der Waals surface area contributed by atoms with E-state index in [1.54, 1.807) is 24.3 Å². The monoisotopic (exact) mass is 523 g/mol. The van der Waals surface area contributed by atoms with Gasteiger partial charge in [0.2, 0.25) is 5.91 Å². The van der Waals surface area contributed by atoms with Crippen LogP contribution in [0.5, 0.6) is 5.75 Å². The molecule has 0 saturated heterocycles. The van der Waals surface area contributed by atoms with Crippen LogP contribution in [0.15, 0.2) is 48.5 Å². The first kappa shape index (κ1) is 27.7. The van der Waals surface area contributed by atoms with Crippen LogP contribution >= 0.6 is 11.5 Å². The predicted octanol–water partition coefficient (Wildman–Crippen LogP) is 4.08. The van der Waals surface area contributed by atoms with E-state index in [0.29, 0.717) is 36.1 Å². The van der Waals surface area contributed by atoms with Gasteiger partial charge >= 0.3 is 0 Å². The number of nitrogens with two attached hydrogens (primary N) is 2. The summed E-state index contributed by atoms with van der Waals surface area (Å²) in [6, 6.07) is 13.3. The Bertz CT molecular complexity index is 1240. The molecule has 3 aromatic rings. The molecule has 5 N–H and O–H groups in total. The molecule has 0 fully saturated rings. The van der Waals surface area contributed by atoms with Crippen LogP contribution in [0.25, 0.3) is 0 Å². The summed E-state index contributed by atoms with van der Waals surface area (Å²) in [5.74, 6) is -0.727. The molecule has 3 amide bonds. The number of hydrogen-bond donors (Lipinski definition) is 3. The van der Waals surface area contributed by atoms with Crippen LogP contribution in [0.4, 0.5) is 11.4 Å². The fraction of sp³-hybridized carbons (Fsp3) is 0.333. The lowest BCUT2D eigenvalue weighted by Gasteiger charge is -2.31. The molecule has 196 valence electrons. The first-order chi connectivity index (χ1) is 17.6. The molecule has 9 nitrogen and oxygen atoms in total. The molecule has 1 unspecified atom stereocenters. The SMILES string of the molecule is CCOc1ccc(N(C(=O)c2snc(C(N)=O)c2N)C(C(=O)NCCC(C)C)c2ccc(C)cc2)cc1. The Labute approximate surface area is 221 Å². The van der Waals surface area contributed by atoms with E-state index in [1.165, 1.54) is 4.90 Å². The summed E-state index contributed by atoms with van der Waals surface area (Å²) >= 11 is 0.772. The zero-order valence-corrected chi connectivity index (χ0v) is 22.3. The minimum absolute atomic E-state index is 0.0229. The van der Waals surface area contributed by atoms with Gasteiger partial charge in [0, 0.05) is 12.2 Å². The van der Waals surface area contributed by atoms with Crippen molar-refractivity contribution in [3.63, 3.8) is 0 Å². The minimum atomic E-state index is -1.02. The quantitative estimate of drug-likeness (QED) is 0.346. The van der Waals surface area contributed by atoms with Crippen LogP contribution < -0.4 is 26.4 Å². The average Bonchev–Trinajstić information content (AvgIpc) is 3.25. The van der Waals surface area contributed by atoms with E-state index in [2.05, 4.69) is 23.5 Å².